The first-order chi connectivity index (χ1) is 17.0. The van der Waals surface area contributed by atoms with Crippen molar-refractivity contribution in [3.05, 3.63) is 52.8 Å². The van der Waals surface area contributed by atoms with Gasteiger partial charge in [0.15, 0.2) is 0 Å². The number of carboxylic acid groups (broad SMARTS) is 1. The Balaban J connectivity index is 1.14. The van der Waals surface area contributed by atoms with Crippen molar-refractivity contribution in [3.63, 3.8) is 0 Å². The van der Waals surface area contributed by atoms with Crippen LogP contribution >= 0.6 is 0 Å². The number of carbonyl (C=O) groups is 1. The fraction of sp³-hybridized carbons (Fsp3) is 0.519. The molecule has 2 atom stereocenters. The van der Waals surface area contributed by atoms with Gasteiger partial charge in [0.25, 0.3) is 0 Å². The number of carboxylic acids is 1. The van der Waals surface area contributed by atoms with Gasteiger partial charge in [-0.1, -0.05) is 18.2 Å². The van der Waals surface area contributed by atoms with Crippen molar-refractivity contribution in [3.8, 4) is 0 Å². The highest BCUT2D eigenvalue weighted by Gasteiger charge is 2.35. The van der Waals surface area contributed by atoms with E-state index in [2.05, 4.69) is 22.5 Å². The monoisotopic (exact) mass is 477 g/mol. The molecule has 0 radical (unpaired) electrons. The third kappa shape index (κ3) is 5.04. The van der Waals surface area contributed by atoms with Gasteiger partial charge >= 0.3 is 5.97 Å². The van der Waals surface area contributed by atoms with E-state index in [9.17, 15) is 9.90 Å². The predicted molar refractivity (Wildman–Crippen MR) is 136 cm³/mol. The van der Waals surface area contributed by atoms with E-state index in [0.29, 0.717) is 19.7 Å². The number of nitrogens with zero attached hydrogens (tertiary/aromatic N) is 4. The first-order valence-electron chi connectivity index (χ1n) is 12.7. The predicted octanol–water partition coefficient (Wildman–Crippen LogP) is 3.87. The van der Waals surface area contributed by atoms with Crippen LogP contribution < -0.4 is 5.32 Å². The van der Waals surface area contributed by atoms with Gasteiger partial charge in [-0.15, -0.1) is 0 Å². The normalized spacial score (nSPS) is 19.0. The summed E-state index contributed by atoms with van der Waals surface area (Å²) in [5.74, 6) is 0.231. The minimum atomic E-state index is -0.826. The van der Waals surface area contributed by atoms with Gasteiger partial charge in [0.1, 0.15) is 11.9 Å². The number of aliphatic carboxylic acids is 1. The second-order valence-electron chi connectivity index (χ2n) is 9.77. The first kappa shape index (κ1) is 23.8. The third-order valence-electron chi connectivity index (χ3n) is 7.29. The Labute approximate surface area is 206 Å². The summed E-state index contributed by atoms with van der Waals surface area (Å²) in [5.41, 5.74) is 5.09. The highest BCUT2D eigenvalue weighted by molar-refractivity contribution is 5.90. The Kier molecular flexibility index (Phi) is 7.02. The van der Waals surface area contributed by atoms with Crippen molar-refractivity contribution in [1.29, 1.82) is 0 Å². The quantitative estimate of drug-likeness (QED) is 0.452. The third-order valence-corrected chi connectivity index (χ3v) is 7.29. The Hall–Kier alpha value is -2.97. The Morgan fingerprint density at radius 3 is 3.03 bits per heavy atom. The van der Waals surface area contributed by atoms with E-state index in [1.807, 2.05) is 41.8 Å². The molecule has 35 heavy (non-hydrogen) atoms. The summed E-state index contributed by atoms with van der Waals surface area (Å²) in [6.45, 7) is 4.98. The van der Waals surface area contributed by atoms with E-state index >= 15 is 0 Å². The van der Waals surface area contributed by atoms with Gasteiger partial charge in [-0.25, -0.2) is 4.98 Å². The van der Waals surface area contributed by atoms with Crippen LogP contribution in [0.3, 0.4) is 0 Å². The lowest BCUT2D eigenvalue weighted by molar-refractivity contribution is -0.143. The van der Waals surface area contributed by atoms with Gasteiger partial charge in [-0.3, -0.25) is 14.4 Å². The molecule has 1 fully saturated rings. The molecule has 2 aliphatic heterocycles. The molecular weight excluding hydrogens is 442 g/mol. The van der Waals surface area contributed by atoms with Crippen LogP contribution in [0.2, 0.25) is 0 Å². The molecule has 0 bridgehead atoms. The number of anilines is 1. The SMILES string of the molecule is Cc1nn(C)c2cccc(C(C(=O)O)N3CCC(OCCCCc4ccc5c(n4)NCCC5)C3)c12. The number of likely N-dealkylation sites (tertiary alicyclic amines) is 1. The fourth-order valence-corrected chi connectivity index (χ4v) is 5.55. The van der Waals surface area contributed by atoms with Crippen molar-refractivity contribution in [2.45, 2.75) is 57.6 Å². The molecule has 2 unspecified atom stereocenters. The summed E-state index contributed by atoms with van der Waals surface area (Å²) in [6, 6.07) is 9.50. The molecule has 0 aliphatic carbocycles. The van der Waals surface area contributed by atoms with Crippen LogP contribution in [0, 0.1) is 6.92 Å². The maximum Gasteiger partial charge on any atom is 0.325 e. The number of rotatable bonds is 9. The molecule has 1 aromatic carbocycles. The first-order valence-corrected chi connectivity index (χ1v) is 12.7. The van der Waals surface area contributed by atoms with Crippen LogP contribution in [0.4, 0.5) is 5.82 Å². The Morgan fingerprint density at radius 1 is 1.29 bits per heavy atom. The minimum Gasteiger partial charge on any atom is -0.480 e. The second-order valence-corrected chi connectivity index (χ2v) is 9.77. The molecule has 8 heteroatoms. The van der Waals surface area contributed by atoms with Gasteiger partial charge in [0.05, 0.1) is 17.3 Å². The Bertz CT molecular complexity index is 1210. The highest BCUT2D eigenvalue weighted by Crippen LogP contribution is 2.33. The molecule has 5 rings (SSSR count). The number of fused-ring (bicyclic) bond motifs is 2. The molecule has 3 aromatic rings. The minimum absolute atomic E-state index is 0.0668. The van der Waals surface area contributed by atoms with Crippen molar-refractivity contribution >= 4 is 22.7 Å². The second kappa shape index (κ2) is 10.3. The summed E-state index contributed by atoms with van der Waals surface area (Å²) in [5, 5.41) is 19.0. The fourth-order valence-electron chi connectivity index (χ4n) is 5.55. The lowest BCUT2D eigenvalue weighted by Gasteiger charge is -2.25. The maximum atomic E-state index is 12.4. The number of aryl methyl sites for hydroxylation is 4. The van der Waals surface area contributed by atoms with E-state index < -0.39 is 12.0 Å². The lowest BCUT2D eigenvalue weighted by atomic mass is 9.99. The van der Waals surface area contributed by atoms with E-state index in [0.717, 1.165) is 72.3 Å². The highest BCUT2D eigenvalue weighted by atomic mass is 16.5. The zero-order valence-electron chi connectivity index (χ0n) is 20.7. The molecule has 2 N–H and O–H groups in total. The van der Waals surface area contributed by atoms with E-state index in [4.69, 9.17) is 9.72 Å². The number of hydrogen-bond acceptors (Lipinski definition) is 6. The van der Waals surface area contributed by atoms with Gasteiger partial charge in [0, 0.05) is 44.4 Å². The molecule has 0 amide bonds. The van der Waals surface area contributed by atoms with Gasteiger partial charge in [0.2, 0.25) is 0 Å². The number of nitrogens with one attached hydrogen (secondary N) is 1. The summed E-state index contributed by atoms with van der Waals surface area (Å²) in [7, 11) is 1.90. The van der Waals surface area contributed by atoms with Gasteiger partial charge in [-0.05, 0) is 68.7 Å². The molecule has 186 valence electrons. The number of aromatic nitrogens is 3. The molecule has 0 saturated carbocycles. The summed E-state index contributed by atoms with van der Waals surface area (Å²) in [6.07, 6.45) is 6.16. The number of pyridine rings is 1. The van der Waals surface area contributed by atoms with Crippen LogP contribution in [0.25, 0.3) is 10.9 Å². The molecule has 1 saturated heterocycles. The average molecular weight is 478 g/mol. The van der Waals surface area contributed by atoms with Gasteiger partial charge in [-0.2, -0.15) is 5.10 Å². The molecule has 2 aromatic heterocycles. The number of benzene rings is 1. The van der Waals surface area contributed by atoms with Crippen LogP contribution in [0.1, 0.15) is 54.2 Å². The van der Waals surface area contributed by atoms with E-state index in [-0.39, 0.29) is 6.10 Å². The van der Waals surface area contributed by atoms with Gasteiger partial charge < -0.3 is 15.2 Å². The molecular formula is C27H35N5O3. The van der Waals surface area contributed by atoms with Crippen LogP contribution in [0.15, 0.2) is 30.3 Å². The van der Waals surface area contributed by atoms with Crippen molar-refractivity contribution in [2.75, 3.05) is 31.6 Å². The van der Waals surface area contributed by atoms with Crippen molar-refractivity contribution < 1.29 is 14.6 Å². The summed E-state index contributed by atoms with van der Waals surface area (Å²) < 4.78 is 7.98. The van der Waals surface area contributed by atoms with Crippen LogP contribution in [-0.4, -0.2) is 63.1 Å². The topological polar surface area (TPSA) is 92.5 Å². The molecule has 4 heterocycles. The number of hydrogen-bond donors (Lipinski definition) is 2. The van der Waals surface area contributed by atoms with Crippen molar-refractivity contribution in [2.24, 2.45) is 7.05 Å². The van der Waals surface area contributed by atoms with Crippen LogP contribution in [-0.2, 0) is 29.4 Å². The number of ether oxygens (including phenoxy) is 1. The number of unbranched alkanes of at least 4 members (excludes halogenated alkanes) is 1. The van der Waals surface area contributed by atoms with E-state index in [1.165, 1.54) is 12.0 Å². The zero-order valence-corrected chi connectivity index (χ0v) is 20.7. The average Bonchev–Trinajstić information content (AvgIpc) is 3.43. The summed E-state index contributed by atoms with van der Waals surface area (Å²) in [4.78, 5) is 19.2. The largest absolute Gasteiger partial charge is 0.480 e. The van der Waals surface area contributed by atoms with E-state index in [1.54, 1.807) is 0 Å². The standard InChI is InChI=1S/C27H35N5O3/c1-18-24-22(9-5-10-23(24)31(2)30-18)25(27(33)34)32-15-13-21(17-32)35-16-4-3-8-20-12-11-19-7-6-14-28-26(19)29-20/h5,9-12,21,25H,3-4,6-8,13-17H2,1-2H3,(H,28,29)(H,33,34). The van der Waals surface area contributed by atoms with Crippen LogP contribution in [0.5, 0.6) is 0 Å². The molecule has 0 spiro atoms. The maximum absolute atomic E-state index is 12.4. The summed E-state index contributed by atoms with van der Waals surface area (Å²) >= 11 is 0. The van der Waals surface area contributed by atoms with Crippen molar-refractivity contribution in [1.82, 2.24) is 19.7 Å². The Morgan fingerprint density at radius 2 is 2.17 bits per heavy atom. The zero-order chi connectivity index (χ0) is 24.4. The smallest absolute Gasteiger partial charge is 0.325 e. The molecule has 2 aliphatic rings. The molecule has 8 nitrogen and oxygen atoms in total. The lowest BCUT2D eigenvalue weighted by Crippen LogP contribution is -2.33.